The van der Waals surface area contributed by atoms with Gasteiger partial charge in [0.2, 0.25) is 5.91 Å². The van der Waals surface area contributed by atoms with Crippen LogP contribution in [0, 0.1) is 5.82 Å². The molecule has 0 radical (unpaired) electrons. The van der Waals surface area contributed by atoms with Gasteiger partial charge in [0, 0.05) is 41.1 Å². The standard InChI is InChI=1S/C24H27FN2OS/c1-2-20-10-5-6-13-27(20)24(28)17-29-23-16-26(22-12-4-3-11-21(22)23)15-18-8-7-9-19(25)14-18/h3-4,7-9,11-12,14,16,20H,2,5-6,10,13,15,17H2,1H3/t20-/m0/s1. The number of hydrogen-bond donors (Lipinski definition) is 0. The van der Waals surface area contributed by atoms with Gasteiger partial charge in [-0.05, 0) is 49.4 Å². The molecule has 2 aromatic carbocycles. The van der Waals surface area contributed by atoms with Gasteiger partial charge in [-0.1, -0.05) is 37.3 Å². The van der Waals surface area contributed by atoms with Crippen molar-refractivity contribution < 1.29 is 9.18 Å². The molecule has 5 heteroatoms. The highest BCUT2D eigenvalue weighted by atomic mass is 32.2. The number of rotatable bonds is 6. The molecule has 0 N–H and O–H groups in total. The maximum Gasteiger partial charge on any atom is 0.233 e. The molecule has 1 amide bonds. The number of fused-ring (bicyclic) bond motifs is 1. The summed E-state index contributed by atoms with van der Waals surface area (Å²) in [6.07, 6.45) is 6.59. The number of para-hydroxylation sites is 1. The highest BCUT2D eigenvalue weighted by molar-refractivity contribution is 8.00. The molecule has 1 fully saturated rings. The zero-order chi connectivity index (χ0) is 20.2. The van der Waals surface area contributed by atoms with Crippen LogP contribution < -0.4 is 0 Å². The van der Waals surface area contributed by atoms with Gasteiger partial charge >= 0.3 is 0 Å². The Morgan fingerprint density at radius 2 is 2.03 bits per heavy atom. The topological polar surface area (TPSA) is 25.2 Å². The van der Waals surface area contributed by atoms with Gasteiger partial charge in [-0.25, -0.2) is 4.39 Å². The maximum absolute atomic E-state index is 13.6. The van der Waals surface area contributed by atoms with Gasteiger partial charge in [0.05, 0.1) is 5.75 Å². The Balaban J connectivity index is 1.52. The first-order valence-corrected chi connectivity index (χ1v) is 11.4. The Labute approximate surface area is 175 Å². The summed E-state index contributed by atoms with van der Waals surface area (Å²) in [5.74, 6) is 0.486. The van der Waals surface area contributed by atoms with Crippen LogP contribution in [0.5, 0.6) is 0 Å². The van der Waals surface area contributed by atoms with Crippen molar-refractivity contribution in [3.63, 3.8) is 0 Å². The van der Waals surface area contributed by atoms with E-state index < -0.39 is 0 Å². The third kappa shape index (κ3) is 4.50. The normalized spacial score (nSPS) is 17.0. The lowest BCUT2D eigenvalue weighted by molar-refractivity contribution is -0.132. The molecule has 2 heterocycles. The third-order valence-corrected chi connectivity index (χ3v) is 6.79. The molecule has 1 atom stereocenters. The average molecular weight is 411 g/mol. The number of carbonyl (C=O) groups excluding carboxylic acids is 1. The zero-order valence-electron chi connectivity index (χ0n) is 16.8. The monoisotopic (exact) mass is 410 g/mol. The predicted molar refractivity (Wildman–Crippen MR) is 118 cm³/mol. The number of benzene rings is 2. The highest BCUT2D eigenvalue weighted by Gasteiger charge is 2.25. The predicted octanol–water partition coefficient (Wildman–Crippen LogP) is 5.71. The third-order valence-electron chi connectivity index (χ3n) is 5.76. The van der Waals surface area contributed by atoms with Gasteiger partial charge in [-0.2, -0.15) is 0 Å². The molecular formula is C24H27FN2OS. The molecule has 29 heavy (non-hydrogen) atoms. The molecule has 3 nitrogen and oxygen atoms in total. The SMILES string of the molecule is CC[C@H]1CCCCN1C(=O)CSc1cn(Cc2cccc(F)c2)c2ccccc12. The average Bonchev–Trinajstić information content (AvgIpc) is 3.09. The van der Waals surface area contributed by atoms with Crippen LogP contribution >= 0.6 is 11.8 Å². The first-order chi connectivity index (χ1) is 14.2. The number of carbonyl (C=O) groups is 1. The molecule has 1 saturated heterocycles. The lowest BCUT2D eigenvalue weighted by Crippen LogP contribution is -2.44. The van der Waals surface area contributed by atoms with Crippen molar-refractivity contribution in [1.29, 1.82) is 0 Å². The van der Waals surface area contributed by atoms with E-state index in [-0.39, 0.29) is 11.7 Å². The van der Waals surface area contributed by atoms with Crippen LogP contribution in [0.3, 0.4) is 0 Å². The molecule has 152 valence electrons. The summed E-state index contributed by atoms with van der Waals surface area (Å²) in [7, 11) is 0. The summed E-state index contributed by atoms with van der Waals surface area (Å²) < 4.78 is 15.7. The van der Waals surface area contributed by atoms with Crippen LogP contribution in [-0.2, 0) is 11.3 Å². The molecule has 4 rings (SSSR count). The summed E-state index contributed by atoms with van der Waals surface area (Å²) in [4.78, 5) is 16.1. The van der Waals surface area contributed by atoms with Gasteiger partial charge < -0.3 is 9.47 Å². The van der Waals surface area contributed by atoms with E-state index in [4.69, 9.17) is 0 Å². The molecule has 0 saturated carbocycles. The largest absolute Gasteiger partial charge is 0.342 e. The molecule has 1 aliphatic heterocycles. The number of piperidine rings is 1. The van der Waals surface area contributed by atoms with E-state index in [1.165, 1.54) is 12.5 Å². The summed E-state index contributed by atoms with van der Waals surface area (Å²) in [5, 5.41) is 1.15. The van der Waals surface area contributed by atoms with E-state index in [0.29, 0.717) is 18.3 Å². The first kappa shape index (κ1) is 20.0. The first-order valence-electron chi connectivity index (χ1n) is 10.4. The van der Waals surface area contributed by atoms with Crippen molar-refractivity contribution in [3.8, 4) is 0 Å². The number of hydrogen-bond acceptors (Lipinski definition) is 2. The highest BCUT2D eigenvalue weighted by Crippen LogP contribution is 2.31. The second kappa shape index (κ2) is 9.04. The number of likely N-dealkylation sites (tertiary alicyclic amines) is 1. The van der Waals surface area contributed by atoms with E-state index in [2.05, 4.69) is 34.7 Å². The number of thioether (sulfide) groups is 1. The molecule has 0 bridgehead atoms. The second-order valence-electron chi connectivity index (χ2n) is 7.70. The second-order valence-corrected chi connectivity index (χ2v) is 8.72. The fraction of sp³-hybridized carbons (Fsp3) is 0.375. The Kier molecular flexibility index (Phi) is 6.24. The summed E-state index contributed by atoms with van der Waals surface area (Å²) >= 11 is 1.61. The molecule has 0 aliphatic carbocycles. The molecule has 3 aromatic rings. The van der Waals surface area contributed by atoms with E-state index in [9.17, 15) is 9.18 Å². The molecular weight excluding hydrogens is 383 g/mol. The van der Waals surface area contributed by atoms with Crippen molar-refractivity contribution in [2.75, 3.05) is 12.3 Å². The Bertz CT molecular complexity index is 999. The Morgan fingerprint density at radius 1 is 1.17 bits per heavy atom. The Morgan fingerprint density at radius 3 is 2.86 bits per heavy atom. The number of halogens is 1. The van der Waals surface area contributed by atoms with Crippen LogP contribution in [0.4, 0.5) is 4.39 Å². The van der Waals surface area contributed by atoms with Crippen molar-refractivity contribution in [2.45, 2.75) is 50.1 Å². The lowest BCUT2D eigenvalue weighted by atomic mass is 10.0. The van der Waals surface area contributed by atoms with Gasteiger partial charge in [0.15, 0.2) is 0 Å². The van der Waals surface area contributed by atoms with Gasteiger partial charge in [0.25, 0.3) is 0 Å². The van der Waals surface area contributed by atoms with Crippen LogP contribution in [0.25, 0.3) is 10.9 Å². The molecule has 0 spiro atoms. The van der Waals surface area contributed by atoms with Gasteiger partial charge in [-0.3, -0.25) is 4.79 Å². The van der Waals surface area contributed by atoms with Gasteiger partial charge in [0.1, 0.15) is 5.82 Å². The summed E-state index contributed by atoms with van der Waals surface area (Å²) in [6.45, 7) is 3.67. The smallest absolute Gasteiger partial charge is 0.233 e. The van der Waals surface area contributed by atoms with Crippen LogP contribution in [0.15, 0.2) is 59.6 Å². The fourth-order valence-electron chi connectivity index (χ4n) is 4.27. The summed E-state index contributed by atoms with van der Waals surface area (Å²) in [6, 6.07) is 15.3. The Hall–Kier alpha value is -2.27. The lowest BCUT2D eigenvalue weighted by Gasteiger charge is -2.35. The van der Waals surface area contributed by atoms with Crippen molar-refractivity contribution in [2.24, 2.45) is 0 Å². The molecule has 1 aliphatic rings. The molecule has 1 aromatic heterocycles. The zero-order valence-corrected chi connectivity index (χ0v) is 17.6. The van der Waals surface area contributed by atoms with Crippen molar-refractivity contribution in [3.05, 3.63) is 66.1 Å². The minimum atomic E-state index is -0.217. The number of amides is 1. The van der Waals surface area contributed by atoms with Crippen molar-refractivity contribution >= 4 is 28.6 Å². The van der Waals surface area contributed by atoms with E-state index in [1.807, 2.05) is 18.2 Å². The minimum absolute atomic E-state index is 0.217. The van der Waals surface area contributed by atoms with Crippen LogP contribution in [0.2, 0.25) is 0 Å². The number of nitrogens with zero attached hydrogens (tertiary/aromatic N) is 2. The molecule has 0 unspecified atom stereocenters. The fourth-order valence-corrected chi connectivity index (χ4v) is 5.24. The van der Waals surface area contributed by atoms with E-state index in [1.54, 1.807) is 23.9 Å². The quantitative estimate of drug-likeness (QED) is 0.486. The minimum Gasteiger partial charge on any atom is -0.342 e. The van der Waals surface area contributed by atoms with E-state index >= 15 is 0 Å². The van der Waals surface area contributed by atoms with Crippen molar-refractivity contribution in [1.82, 2.24) is 9.47 Å². The van der Waals surface area contributed by atoms with Crippen LogP contribution in [0.1, 0.15) is 38.2 Å². The van der Waals surface area contributed by atoms with Crippen LogP contribution in [-0.4, -0.2) is 33.7 Å². The number of aromatic nitrogens is 1. The maximum atomic E-state index is 13.6. The van der Waals surface area contributed by atoms with E-state index in [0.717, 1.165) is 47.2 Å². The summed E-state index contributed by atoms with van der Waals surface area (Å²) in [5.41, 5.74) is 2.04. The van der Waals surface area contributed by atoms with Gasteiger partial charge in [-0.15, -0.1) is 11.8 Å².